The number of hydrogen-bond donors (Lipinski definition) is 1. The quantitative estimate of drug-likeness (QED) is 0.655. The van der Waals surface area contributed by atoms with Crippen molar-refractivity contribution < 1.29 is 4.79 Å². The first-order valence-electron chi connectivity index (χ1n) is 9.27. The number of hydrogen-bond acceptors (Lipinski definition) is 5. The zero-order valence-corrected chi connectivity index (χ0v) is 17.0. The summed E-state index contributed by atoms with van der Waals surface area (Å²) < 4.78 is 0. The molecule has 0 radical (unpaired) electrons. The Bertz CT molecular complexity index is 894. The van der Waals surface area contributed by atoms with Crippen molar-refractivity contribution in [2.24, 2.45) is 0 Å². The minimum absolute atomic E-state index is 0.0485. The zero-order valence-electron chi connectivity index (χ0n) is 15.4. The topological polar surface area (TPSA) is 45.2 Å². The summed E-state index contributed by atoms with van der Waals surface area (Å²) in [5, 5.41) is 8.02. The van der Waals surface area contributed by atoms with Crippen molar-refractivity contribution in [2.75, 3.05) is 13.1 Å². The van der Waals surface area contributed by atoms with Crippen LogP contribution in [0.3, 0.4) is 0 Å². The monoisotopic (exact) mass is 397 g/mol. The molecule has 0 aliphatic carbocycles. The molecular formula is C21H23N3OS2. The molecule has 0 atom stereocenters. The standard InChI is InChI=1S/C21H23N3OS2/c1-15-19(27-21(23-15)18-8-11-26-14-18)20(25)22-12-16-4-6-17(7-5-16)13-24-9-2-3-10-24/h4-8,11,14H,2-3,9-10,12-13H2,1H3,(H,22,25). The maximum Gasteiger partial charge on any atom is 0.263 e. The Morgan fingerprint density at radius 3 is 2.59 bits per heavy atom. The fourth-order valence-electron chi connectivity index (χ4n) is 3.34. The number of rotatable bonds is 6. The molecule has 0 bridgehead atoms. The Kier molecular flexibility index (Phi) is 5.66. The van der Waals surface area contributed by atoms with Gasteiger partial charge >= 0.3 is 0 Å². The van der Waals surface area contributed by atoms with E-state index in [0.717, 1.165) is 28.4 Å². The number of carbonyl (C=O) groups excluding carboxylic acids is 1. The van der Waals surface area contributed by atoms with Gasteiger partial charge in [0.25, 0.3) is 5.91 Å². The van der Waals surface area contributed by atoms with Gasteiger partial charge in [-0.15, -0.1) is 11.3 Å². The van der Waals surface area contributed by atoms with E-state index in [9.17, 15) is 4.79 Å². The first-order chi connectivity index (χ1) is 13.2. The molecule has 1 fully saturated rings. The van der Waals surface area contributed by atoms with Gasteiger partial charge in [-0.05, 0) is 55.4 Å². The summed E-state index contributed by atoms with van der Waals surface area (Å²) in [6.07, 6.45) is 2.63. The molecule has 6 heteroatoms. The number of amides is 1. The molecule has 140 valence electrons. The summed E-state index contributed by atoms with van der Waals surface area (Å²) in [6, 6.07) is 10.6. The van der Waals surface area contributed by atoms with Gasteiger partial charge in [0.15, 0.2) is 0 Å². The van der Waals surface area contributed by atoms with Gasteiger partial charge in [0.2, 0.25) is 0 Å². The maximum atomic E-state index is 12.6. The smallest absolute Gasteiger partial charge is 0.263 e. The van der Waals surface area contributed by atoms with Crippen molar-refractivity contribution >= 4 is 28.6 Å². The Hall–Kier alpha value is -2.02. The van der Waals surface area contributed by atoms with E-state index in [0.29, 0.717) is 11.4 Å². The number of nitrogens with one attached hydrogen (secondary N) is 1. The van der Waals surface area contributed by atoms with Gasteiger partial charge in [0.05, 0.1) is 5.69 Å². The third-order valence-corrected chi connectivity index (χ3v) is 6.74. The third kappa shape index (κ3) is 4.46. The van der Waals surface area contributed by atoms with Crippen LogP contribution in [0.25, 0.3) is 10.6 Å². The number of aromatic nitrogens is 1. The van der Waals surface area contributed by atoms with Crippen LogP contribution < -0.4 is 5.32 Å². The normalized spacial score (nSPS) is 14.6. The highest BCUT2D eigenvalue weighted by molar-refractivity contribution is 7.17. The molecule has 1 aromatic carbocycles. The number of likely N-dealkylation sites (tertiary alicyclic amines) is 1. The Morgan fingerprint density at radius 2 is 1.89 bits per heavy atom. The third-order valence-electron chi connectivity index (χ3n) is 4.85. The van der Waals surface area contributed by atoms with Crippen LogP contribution in [0.4, 0.5) is 0 Å². The van der Waals surface area contributed by atoms with Crippen molar-refractivity contribution in [1.82, 2.24) is 15.2 Å². The van der Waals surface area contributed by atoms with Gasteiger partial charge in [0.1, 0.15) is 9.88 Å². The first-order valence-corrected chi connectivity index (χ1v) is 11.0. The number of nitrogens with zero attached hydrogens (tertiary/aromatic N) is 2. The van der Waals surface area contributed by atoms with E-state index in [1.54, 1.807) is 11.3 Å². The molecule has 3 aromatic rings. The van der Waals surface area contributed by atoms with Crippen LogP contribution in [-0.2, 0) is 13.1 Å². The molecule has 1 aliphatic heterocycles. The lowest BCUT2D eigenvalue weighted by Crippen LogP contribution is -2.22. The summed E-state index contributed by atoms with van der Waals surface area (Å²) in [4.78, 5) is 20.3. The average molecular weight is 398 g/mol. The zero-order chi connectivity index (χ0) is 18.6. The minimum atomic E-state index is -0.0485. The second-order valence-corrected chi connectivity index (χ2v) is 8.71. The van der Waals surface area contributed by atoms with Crippen LogP contribution in [0, 0.1) is 6.92 Å². The van der Waals surface area contributed by atoms with Gasteiger partial charge in [-0.2, -0.15) is 11.3 Å². The summed E-state index contributed by atoms with van der Waals surface area (Å²) in [6.45, 7) is 5.87. The van der Waals surface area contributed by atoms with Gasteiger partial charge in [0, 0.05) is 24.0 Å². The van der Waals surface area contributed by atoms with Gasteiger partial charge < -0.3 is 5.32 Å². The van der Waals surface area contributed by atoms with Crippen molar-refractivity contribution in [2.45, 2.75) is 32.9 Å². The Balaban J connectivity index is 1.35. The van der Waals surface area contributed by atoms with Crippen molar-refractivity contribution in [3.63, 3.8) is 0 Å². The fraction of sp³-hybridized carbons (Fsp3) is 0.333. The summed E-state index contributed by atoms with van der Waals surface area (Å²) in [5.74, 6) is -0.0485. The largest absolute Gasteiger partial charge is 0.347 e. The van der Waals surface area contributed by atoms with Crippen molar-refractivity contribution in [3.05, 3.63) is 62.8 Å². The predicted molar refractivity (Wildman–Crippen MR) is 112 cm³/mol. The van der Waals surface area contributed by atoms with Crippen molar-refractivity contribution in [3.8, 4) is 10.6 Å². The molecule has 1 amide bonds. The molecule has 1 N–H and O–H groups in total. The van der Waals surface area contributed by atoms with E-state index in [2.05, 4.69) is 44.8 Å². The second-order valence-electron chi connectivity index (χ2n) is 6.93. The van der Waals surface area contributed by atoms with Gasteiger partial charge in [-0.1, -0.05) is 24.3 Å². The molecule has 4 rings (SSSR count). The summed E-state index contributed by atoms with van der Waals surface area (Å²) in [5.41, 5.74) is 4.33. The molecule has 0 spiro atoms. The van der Waals surface area contributed by atoms with E-state index in [-0.39, 0.29) is 5.91 Å². The number of aryl methyl sites for hydroxylation is 1. The van der Waals surface area contributed by atoms with Gasteiger partial charge in [-0.3, -0.25) is 9.69 Å². The lowest BCUT2D eigenvalue weighted by molar-refractivity contribution is 0.0954. The molecule has 2 aromatic heterocycles. The Labute approximate surface area is 167 Å². The van der Waals surface area contributed by atoms with Crippen LogP contribution in [0.5, 0.6) is 0 Å². The number of carbonyl (C=O) groups is 1. The summed E-state index contributed by atoms with van der Waals surface area (Å²) >= 11 is 3.10. The number of benzene rings is 1. The van der Waals surface area contributed by atoms with E-state index >= 15 is 0 Å². The van der Waals surface area contributed by atoms with E-state index in [1.807, 2.05) is 18.4 Å². The van der Waals surface area contributed by atoms with E-state index < -0.39 is 0 Å². The SMILES string of the molecule is Cc1nc(-c2ccsc2)sc1C(=O)NCc1ccc(CN2CCCC2)cc1. The number of thiophene rings is 1. The Morgan fingerprint density at radius 1 is 1.15 bits per heavy atom. The highest BCUT2D eigenvalue weighted by atomic mass is 32.1. The highest BCUT2D eigenvalue weighted by Crippen LogP contribution is 2.29. The van der Waals surface area contributed by atoms with Crippen LogP contribution >= 0.6 is 22.7 Å². The molecule has 1 saturated heterocycles. The molecule has 1 aliphatic rings. The van der Waals surface area contributed by atoms with Crippen molar-refractivity contribution in [1.29, 1.82) is 0 Å². The van der Waals surface area contributed by atoms with E-state index in [4.69, 9.17) is 0 Å². The second kappa shape index (κ2) is 8.33. The molecule has 0 unspecified atom stereocenters. The summed E-state index contributed by atoms with van der Waals surface area (Å²) in [7, 11) is 0. The predicted octanol–water partition coefficient (Wildman–Crippen LogP) is 4.71. The van der Waals surface area contributed by atoms with Gasteiger partial charge in [-0.25, -0.2) is 4.98 Å². The molecule has 0 saturated carbocycles. The highest BCUT2D eigenvalue weighted by Gasteiger charge is 2.16. The lowest BCUT2D eigenvalue weighted by Gasteiger charge is -2.14. The van der Waals surface area contributed by atoms with Crippen LogP contribution in [-0.4, -0.2) is 28.9 Å². The number of thiazole rings is 1. The molecule has 27 heavy (non-hydrogen) atoms. The molecular weight excluding hydrogens is 374 g/mol. The molecule has 4 nitrogen and oxygen atoms in total. The van der Waals surface area contributed by atoms with Crippen LogP contribution in [0.15, 0.2) is 41.1 Å². The minimum Gasteiger partial charge on any atom is -0.347 e. The average Bonchev–Trinajstić information content (AvgIpc) is 3.42. The van der Waals surface area contributed by atoms with Crippen LogP contribution in [0.1, 0.15) is 39.3 Å². The first kappa shape index (κ1) is 18.3. The fourth-order valence-corrected chi connectivity index (χ4v) is 5.03. The lowest BCUT2D eigenvalue weighted by atomic mass is 10.1. The van der Waals surface area contributed by atoms with Crippen LogP contribution in [0.2, 0.25) is 0 Å². The maximum absolute atomic E-state index is 12.6. The molecule has 3 heterocycles. The van der Waals surface area contributed by atoms with E-state index in [1.165, 1.54) is 42.8 Å².